The van der Waals surface area contributed by atoms with Crippen molar-refractivity contribution in [1.29, 1.82) is 0 Å². The molecule has 0 radical (unpaired) electrons. The third-order valence-electron chi connectivity index (χ3n) is 10.6. The van der Waals surface area contributed by atoms with Gasteiger partial charge in [-0.05, 0) is 84.0 Å². The molecule has 0 saturated carbocycles. The number of hydrogen-bond donors (Lipinski definition) is 0. The third kappa shape index (κ3) is 32.7. The molecule has 1 heterocycles. The SMILES string of the molecule is CCCCCC/C=C/COC(=O)CCCCCCCC(CCCCCCCC(=O)OC/C=C/CCCCCC)CCCCN1CCCN(C)CC1. The number of unbranched alkanes of at least 4 members (excludes halogenated alkanes) is 17. The van der Waals surface area contributed by atoms with E-state index < -0.39 is 0 Å². The van der Waals surface area contributed by atoms with Gasteiger partial charge in [0.2, 0.25) is 0 Å². The van der Waals surface area contributed by atoms with Gasteiger partial charge in [0, 0.05) is 25.9 Å². The molecule has 0 aromatic carbocycles. The predicted octanol–water partition coefficient (Wildman–Crippen LogP) is 12.0. The Morgan fingerprint density at radius 2 is 1.00 bits per heavy atom. The largest absolute Gasteiger partial charge is 0.461 e. The summed E-state index contributed by atoms with van der Waals surface area (Å²) in [5.41, 5.74) is 0. The van der Waals surface area contributed by atoms with E-state index in [1.807, 2.05) is 12.2 Å². The molecule has 6 nitrogen and oxygen atoms in total. The number of likely N-dealkylation sites (N-methyl/N-ethyl adjacent to an activating group) is 1. The summed E-state index contributed by atoms with van der Waals surface area (Å²) in [5, 5.41) is 0. The van der Waals surface area contributed by atoms with Gasteiger partial charge in [0.15, 0.2) is 0 Å². The molecule has 1 aliphatic heterocycles. The second kappa shape index (κ2) is 36.7. The molecule has 0 unspecified atom stereocenters. The van der Waals surface area contributed by atoms with Crippen LogP contribution in [0, 0.1) is 5.92 Å². The van der Waals surface area contributed by atoms with Gasteiger partial charge in [0.25, 0.3) is 0 Å². The standard InChI is InChI=1S/C45H84N2O4/c1-4-6-8-10-12-20-28-41-50-44(48)34-24-18-14-16-22-31-43(33-26-27-37-47-38-30-36-46(3)39-40-47)32-23-17-15-19-25-35-45(49)51-42-29-21-13-11-9-7-5-2/h20-21,28-29,43H,4-19,22-27,30-42H2,1-3H3/b28-20+,29-21+. The maximum absolute atomic E-state index is 12.1. The van der Waals surface area contributed by atoms with Crippen LogP contribution in [0.15, 0.2) is 24.3 Å². The minimum absolute atomic E-state index is 0.0472. The number of nitrogens with zero attached hydrogens (tertiary/aromatic N) is 2. The van der Waals surface area contributed by atoms with Crippen LogP contribution in [0.3, 0.4) is 0 Å². The van der Waals surface area contributed by atoms with Gasteiger partial charge in [-0.15, -0.1) is 0 Å². The molecule has 0 bridgehead atoms. The van der Waals surface area contributed by atoms with Crippen LogP contribution >= 0.6 is 0 Å². The molecule has 51 heavy (non-hydrogen) atoms. The summed E-state index contributed by atoms with van der Waals surface area (Å²) < 4.78 is 10.8. The molecular formula is C45H84N2O4. The smallest absolute Gasteiger partial charge is 0.306 e. The summed E-state index contributed by atoms with van der Waals surface area (Å²) in [4.78, 5) is 29.3. The molecule has 1 aliphatic rings. The minimum atomic E-state index is -0.0472. The molecule has 0 spiro atoms. The summed E-state index contributed by atoms with van der Waals surface area (Å²) >= 11 is 0. The van der Waals surface area contributed by atoms with Gasteiger partial charge in [0.1, 0.15) is 13.2 Å². The fraction of sp³-hybridized carbons (Fsp3) is 0.867. The van der Waals surface area contributed by atoms with E-state index in [-0.39, 0.29) is 11.9 Å². The maximum atomic E-state index is 12.1. The molecule has 0 aromatic rings. The fourth-order valence-corrected chi connectivity index (χ4v) is 7.17. The lowest BCUT2D eigenvalue weighted by atomic mass is 9.90. The number of hydrogen-bond acceptors (Lipinski definition) is 6. The van der Waals surface area contributed by atoms with E-state index >= 15 is 0 Å². The number of carbonyl (C=O) groups is 2. The molecular weight excluding hydrogens is 633 g/mol. The van der Waals surface area contributed by atoms with Crippen LogP contribution in [0.4, 0.5) is 0 Å². The van der Waals surface area contributed by atoms with Gasteiger partial charge in [-0.1, -0.05) is 154 Å². The van der Waals surface area contributed by atoms with Crippen molar-refractivity contribution >= 4 is 11.9 Å². The van der Waals surface area contributed by atoms with Crippen LogP contribution in [0.5, 0.6) is 0 Å². The number of allylic oxidation sites excluding steroid dienone is 2. The molecule has 0 aromatic heterocycles. The van der Waals surface area contributed by atoms with Crippen molar-refractivity contribution in [3.05, 3.63) is 24.3 Å². The van der Waals surface area contributed by atoms with Crippen molar-refractivity contribution in [2.45, 2.75) is 194 Å². The Morgan fingerprint density at radius 3 is 1.53 bits per heavy atom. The predicted molar refractivity (Wildman–Crippen MR) is 218 cm³/mol. The molecule has 0 N–H and O–H groups in total. The molecule has 1 saturated heterocycles. The Kier molecular flexibility index (Phi) is 34.1. The van der Waals surface area contributed by atoms with E-state index in [0.717, 1.165) is 44.4 Å². The highest BCUT2D eigenvalue weighted by Gasteiger charge is 2.13. The Morgan fingerprint density at radius 1 is 0.529 bits per heavy atom. The van der Waals surface area contributed by atoms with Crippen LogP contribution in [-0.2, 0) is 19.1 Å². The summed E-state index contributed by atoms with van der Waals surface area (Å²) in [7, 11) is 2.25. The van der Waals surface area contributed by atoms with Gasteiger partial charge >= 0.3 is 11.9 Å². The monoisotopic (exact) mass is 717 g/mol. The molecule has 0 amide bonds. The zero-order valence-electron chi connectivity index (χ0n) is 34.2. The van der Waals surface area contributed by atoms with Crippen LogP contribution in [-0.4, -0.2) is 74.7 Å². The number of esters is 2. The summed E-state index contributed by atoms with van der Waals surface area (Å²) in [6.07, 6.45) is 41.6. The first-order valence-electron chi connectivity index (χ1n) is 22.1. The highest BCUT2D eigenvalue weighted by molar-refractivity contribution is 5.69. The van der Waals surface area contributed by atoms with Gasteiger partial charge in [0.05, 0.1) is 0 Å². The molecule has 6 heteroatoms. The normalized spacial score (nSPS) is 14.6. The van der Waals surface area contributed by atoms with Gasteiger partial charge in [-0.2, -0.15) is 0 Å². The molecule has 0 aliphatic carbocycles. The van der Waals surface area contributed by atoms with Gasteiger partial charge in [-0.25, -0.2) is 0 Å². The second-order valence-electron chi connectivity index (χ2n) is 15.5. The van der Waals surface area contributed by atoms with Crippen LogP contribution in [0.1, 0.15) is 194 Å². The summed E-state index contributed by atoms with van der Waals surface area (Å²) in [5.74, 6) is 0.743. The van der Waals surface area contributed by atoms with Crippen LogP contribution in [0.2, 0.25) is 0 Å². The van der Waals surface area contributed by atoms with E-state index in [4.69, 9.17) is 9.47 Å². The highest BCUT2D eigenvalue weighted by Crippen LogP contribution is 2.24. The van der Waals surface area contributed by atoms with Gasteiger partial charge in [-0.3, -0.25) is 9.59 Å². The van der Waals surface area contributed by atoms with E-state index in [0.29, 0.717) is 26.1 Å². The first kappa shape index (κ1) is 47.4. The van der Waals surface area contributed by atoms with Crippen molar-refractivity contribution in [2.24, 2.45) is 5.92 Å². The Hall–Kier alpha value is -1.66. The first-order valence-corrected chi connectivity index (χ1v) is 22.1. The quantitative estimate of drug-likeness (QED) is 0.0370. The van der Waals surface area contributed by atoms with E-state index in [1.54, 1.807) is 0 Å². The average Bonchev–Trinajstić information content (AvgIpc) is 3.34. The van der Waals surface area contributed by atoms with Crippen molar-refractivity contribution in [3.8, 4) is 0 Å². The zero-order chi connectivity index (χ0) is 36.9. The zero-order valence-corrected chi connectivity index (χ0v) is 34.2. The van der Waals surface area contributed by atoms with E-state index in [1.165, 1.54) is 161 Å². The van der Waals surface area contributed by atoms with Gasteiger partial charge < -0.3 is 19.3 Å². The maximum Gasteiger partial charge on any atom is 0.306 e. The van der Waals surface area contributed by atoms with Crippen LogP contribution < -0.4 is 0 Å². The Labute approximate surface area is 316 Å². The number of ether oxygens (including phenoxy) is 2. The number of carbonyl (C=O) groups excluding carboxylic acids is 2. The van der Waals surface area contributed by atoms with Crippen molar-refractivity contribution < 1.29 is 19.1 Å². The minimum Gasteiger partial charge on any atom is -0.461 e. The Balaban J connectivity index is 2.20. The third-order valence-corrected chi connectivity index (χ3v) is 10.6. The number of rotatable bonds is 35. The Bertz CT molecular complexity index is 792. The highest BCUT2D eigenvalue weighted by atomic mass is 16.5. The lowest BCUT2D eigenvalue weighted by molar-refractivity contribution is -0.143. The van der Waals surface area contributed by atoms with E-state index in [2.05, 4.69) is 42.8 Å². The lowest BCUT2D eigenvalue weighted by Gasteiger charge is -2.21. The van der Waals surface area contributed by atoms with Crippen molar-refractivity contribution in [2.75, 3.05) is 53.0 Å². The average molecular weight is 717 g/mol. The first-order chi connectivity index (χ1) is 25.0. The van der Waals surface area contributed by atoms with Crippen molar-refractivity contribution in [1.82, 2.24) is 9.80 Å². The molecule has 1 fully saturated rings. The summed E-state index contributed by atoms with van der Waals surface area (Å²) in [6.45, 7) is 11.5. The van der Waals surface area contributed by atoms with Crippen molar-refractivity contribution in [3.63, 3.8) is 0 Å². The molecule has 298 valence electrons. The lowest BCUT2D eigenvalue weighted by Crippen LogP contribution is -2.29. The van der Waals surface area contributed by atoms with Crippen LogP contribution in [0.25, 0.3) is 0 Å². The van der Waals surface area contributed by atoms with E-state index in [9.17, 15) is 9.59 Å². The molecule has 1 rings (SSSR count). The second-order valence-corrected chi connectivity index (χ2v) is 15.5. The topological polar surface area (TPSA) is 59.1 Å². The summed E-state index contributed by atoms with van der Waals surface area (Å²) in [6, 6.07) is 0. The molecule has 0 atom stereocenters. The fourth-order valence-electron chi connectivity index (χ4n) is 7.17.